The zero-order valence-electron chi connectivity index (χ0n) is 14.7. The zero-order chi connectivity index (χ0) is 19.6. The normalized spacial score (nSPS) is 11.0. The Balaban J connectivity index is 1.89. The van der Waals surface area contributed by atoms with Crippen LogP contribution >= 0.6 is 0 Å². The average Bonchev–Trinajstić information content (AvgIpc) is 2.70. The quantitative estimate of drug-likeness (QED) is 0.357. The van der Waals surface area contributed by atoms with Crippen molar-refractivity contribution in [3.8, 4) is 0 Å². The topological polar surface area (TPSA) is 132 Å². The number of amides is 5. The molecule has 0 heterocycles. The molecule has 1 unspecified atom stereocenters. The molecule has 0 bridgehead atoms. The molecule has 5 amide bonds. The van der Waals surface area contributed by atoms with Crippen molar-refractivity contribution in [1.82, 2.24) is 27.2 Å². The summed E-state index contributed by atoms with van der Waals surface area (Å²) < 4.78 is 0. The number of benzene rings is 2. The van der Waals surface area contributed by atoms with Gasteiger partial charge in [0, 0.05) is 0 Å². The van der Waals surface area contributed by atoms with Crippen LogP contribution in [0.25, 0.3) is 0 Å². The highest BCUT2D eigenvalue weighted by atomic mass is 16.5. The van der Waals surface area contributed by atoms with E-state index in [2.05, 4.69) is 10.9 Å². The van der Waals surface area contributed by atoms with Crippen molar-refractivity contribution < 1.29 is 19.6 Å². The molecular formula is C18H21N5O4. The molecule has 0 saturated heterocycles. The van der Waals surface area contributed by atoms with Crippen LogP contribution in [0.15, 0.2) is 54.6 Å². The van der Waals surface area contributed by atoms with Crippen molar-refractivity contribution >= 4 is 18.0 Å². The lowest BCUT2D eigenvalue weighted by Crippen LogP contribution is -2.54. The Morgan fingerprint density at radius 3 is 2.19 bits per heavy atom. The monoisotopic (exact) mass is 371 g/mol. The van der Waals surface area contributed by atoms with Gasteiger partial charge in [-0.1, -0.05) is 54.6 Å². The fourth-order valence-electron chi connectivity index (χ4n) is 2.35. The minimum Gasteiger partial charge on any atom is -0.287 e. The first-order chi connectivity index (χ1) is 13.0. The smallest absolute Gasteiger partial charge is 0.287 e. The Morgan fingerprint density at radius 2 is 1.48 bits per heavy atom. The minimum absolute atomic E-state index is 0.423. The van der Waals surface area contributed by atoms with E-state index in [1.165, 1.54) is 11.0 Å². The SMILES string of the molecule is CC(C(=O)NNC(=O)NNC(=O)NO)c1cccc(Cc2ccccc2)c1. The number of nitrogens with one attached hydrogen (secondary N) is 5. The molecular weight excluding hydrogens is 350 g/mol. The van der Waals surface area contributed by atoms with Crippen LogP contribution in [0.4, 0.5) is 9.59 Å². The molecule has 9 heteroatoms. The van der Waals surface area contributed by atoms with Crippen LogP contribution in [-0.4, -0.2) is 23.2 Å². The Labute approximate surface area is 156 Å². The summed E-state index contributed by atoms with van der Waals surface area (Å²) >= 11 is 0. The number of hydrazine groups is 2. The molecule has 0 spiro atoms. The summed E-state index contributed by atoms with van der Waals surface area (Å²) in [5.74, 6) is -0.927. The van der Waals surface area contributed by atoms with Gasteiger partial charge in [0.2, 0.25) is 5.91 Å². The van der Waals surface area contributed by atoms with Crippen molar-refractivity contribution in [3.63, 3.8) is 0 Å². The molecule has 9 nitrogen and oxygen atoms in total. The number of hydrogen-bond donors (Lipinski definition) is 6. The van der Waals surface area contributed by atoms with E-state index in [0.717, 1.165) is 17.5 Å². The second-order valence-corrected chi connectivity index (χ2v) is 5.76. The van der Waals surface area contributed by atoms with Gasteiger partial charge in [-0.15, -0.1) is 0 Å². The number of hydroxylamine groups is 1. The predicted molar refractivity (Wildman–Crippen MR) is 97.4 cm³/mol. The van der Waals surface area contributed by atoms with Crippen molar-refractivity contribution in [1.29, 1.82) is 0 Å². The van der Waals surface area contributed by atoms with Crippen LogP contribution in [0.2, 0.25) is 0 Å². The van der Waals surface area contributed by atoms with Gasteiger partial charge in [-0.3, -0.25) is 15.4 Å². The van der Waals surface area contributed by atoms with Crippen molar-refractivity contribution in [2.45, 2.75) is 19.3 Å². The maximum atomic E-state index is 12.2. The van der Waals surface area contributed by atoms with E-state index < -0.39 is 23.9 Å². The summed E-state index contributed by atoms with van der Waals surface area (Å²) in [7, 11) is 0. The predicted octanol–water partition coefficient (Wildman–Crippen LogP) is 1.31. The van der Waals surface area contributed by atoms with Gasteiger partial charge in [-0.25, -0.2) is 31.3 Å². The first kappa shape index (κ1) is 19.7. The second-order valence-electron chi connectivity index (χ2n) is 5.76. The van der Waals surface area contributed by atoms with E-state index in [1.807, 2.05) is 65.4 Å². The Kier molecular flexibility index (Phi) is 7.15. The lowest BCUT2D eigenvalue weighted by Gasteiger charge is -2.15. The largest absolute Gasteiger partial charge is 0.357 e. The maximum absolute atomic E-state index is 12.2. The van der Waals surface area contributed by atoms with Gasteiger partial charge in [0.15, 0.2) is 0 Å². The number of hydrogen-bond acceptors (Lipinski definition) is 4. The highest BCUT2D eigenvalue weighted by Crippen LogP contribution is 2.18. The zero-order valence-corrected chi connectivity index (χ0v) is 14.7. The van der Waals surface area contributed by atoms with Gasteiger partial charge in [0.25, 0.3) is 0 Å². The van der Waals surface area contributed by atoms with Crippen LogP contribution in [-0.2, 0) is 11.2 Å². The summed E-state index contributed by atoms with van der Waals surface area (Å²) in [5.41, 5.74) is 12.4. The lowest BCUT2D eigenvalue weighted by molar-refractivity contribution is -0.122. The Hall–Kier alpha value is -3.59. The van der Waals surface area contributed by atoms with Crippen molar-refractivity contribution in [2.24, 2.45) is 0 Å². The van der Waals surface area contributed by atoms with E-state index in [-0.39, 0.29) is 0 Å². The van der Waals surface area contributed by atoms with E-state index >= 15 is 0 Å². The Bertz CT molecular complexity index is 797. The molecule has 0 aliphatic heterocycles. The van der Waals surface area contributed by atoms with Gasteiger partial charge in [-0.05, 0) is 30.0 Å². The van der Waals surface area contributed by atoms with Crippen LogP contribution in [0.1, 0.15) is 29.5 Å². The summed E-state index contributed by atoms with van der Waals surface area (Å²) in [4.78, 5) is 34.4. The van der Waals surface area contributed by atoms with Crippen LogP contribution in [0.5, 0.6) is 0 Å². The summed E-state index contributed by atoms with van der Waals surface area (Å²) in [6, 6.07) is 15.7. The van der Waals surface area contributed by atoms with E-state index in [1.54, 1.807) is 6.92 Å². The van der Waals surface area contributed by atoms with Crippen molar-refractivity contribution in [3.05, 3.63) is 71.3 Å². The van der Waals surface area contributed by atoms with Gasteiger partial charge < -0.3 is 0 Å². The Morgan fingerprint density at radius 1 is 0.852 bits per heavy atom. The standard InChI is InChI=1S/C18H21N5O4/c1-12(16(24)19-20-17(25)21-22-18(26)23-27)15-9-5-8-14(11-15)10-13-6-3-2-4-7-13/h2-9,11-12,27H,10H2,1H3,(H,19,24)(H2,20,21,25)(H2,22,23,26). The average molecular weight is 371 g/mol. The highest BCUT2D eigenvalue weighted by Gasteiger charge is 2.16. The van der Waals surface area contributed by atoms with Gasteiger partial charge in [0.05, 0.1) is 5.92 Å². The molecule has 0 aromatic heterocycles. The first-order valence-electron chi connectivity index (χ1n) is 8.18. The number of carbonyl (C=O) groups is 3. The first-order valence-corrected chi connectivity index (χ1v) is 8.18. The molecule has 2 aromatic rings. The molecule has 0 radical (unpaired) electrons. The molecule has 0 aliphatic carbocycles. The third-order valence-electron chi connectivity index (χ3n) is 3.79. The molecule has 0 saturated carbocycles. The number of rotatable bonds is 4. The fourth-order valence-corrected chi connectivity index (χ4v) is 2.35. The van der Waals surface area contributed by atoms with E-state index in [0.29, 0.717) is 0 Å². The molecule has 0 aliphatic rings. The third kappa shape index (κ3) is 6.33. The minimum atomic E-state index is -1.03. The lowest BCUT2D eigenvalue weighted by atomic mass is 9.96. The van der Waals surface area contributed by atoms with Crippen molar-refractivity contribution in [2.75, 3.05) is 0 Å². The second kappa shape index (κ2) is 9.78. The van der Waals surface area contributed by atoms with E-state index in [9.17, 15) is 14.4 Å². The molecule has 2 aromatic carbocycles. The molecule has 1 atom stereocenters. The van der Waals surface area contributed by atoms with Crippen LogP contribution in [0, 0.1) is 0 Å². The summed E-state index contributed by atoms with van der Waals surface area (Å²) in [6.45, 7) is 1.72. The third-order valence-corrected chi connectivity index (χ3v) is 3.79. The fraction of sp³-hybridized carbons (Fsp3) is 0.167. The molecule has 6 N–H and O–H groups in total. The van der Waals surface area contributed by atoms with Crippen LogP contribution in [0.3, 0.4) is 0 Å². The number of carbonyl (C=O) groups excluding carboxylic acids is 3. The van der Waals surface area contributed by atoms with Gasteiger partial charge in [0.1, 0.15) is 0 Å². The molecule has 0 fully saturated rings. The molecule has 27 heavy (non-hydrogen) atoms. The summed E-state index contributed by atoms with van der Waals surface area (Å²) in [5, 5.41) is 8.28. The highest BCUT2D eigenvalue weighted by molar-refractivity contribution is 5.86. The maximum Gasteiger partial charge on any atom is 0.357 e. The van der Waals surface area contributed by atoms with Gasteiger partial charge >= 0.3 is 12.1 Å². The van der Waals surface area contributed by atoms with Gasteiger partial charge in [-0.2, -0.15) is 0 Å². The molecule has 2 rings (SSSR count). The van der Waals surface area contributed by atoms with Crippen LogP contribution < -0.4 is 27.2 Å². The number of urea groups is 2. The summed E-state index contributed by atoms with van der Waals surface area (Å²) in [6.07, 6.45) is 0.752. The molecule has 142 valence electrons. The van der Waals surface area contributed by atoms with E-state index in [4.69, 9.17) is 5.21 Å².